The van der Waals surface area contributed by atoms with E-state index in [-0.39, 0.29) is 12.5 Å². The molecule has 0 bridgehead atoms. The molecule has 1 heterocycles. The highest BCUT2D eigenvalue weighted by Crippen LogP contribution is 2.17. The zero-order chi connectivity index (χ0) is 19.2. The van der Waals surface area contributed by atoms with E-state index >= 15 is 0 Å². The van der Waals surface area contributed by atoms with Crippen LogP contribution < -0.4 is 10.2 Å². The molecule has 1 aliphatic rings. The minimum absolute atomic E-state index is 0.0825. The Hall–Kier alpha value is -2.47. The minimum Gasteiger partial charge on any atom is -0.369 e. The second-order valence-corrected chi connectivity index (χ2v) is 6.94. The summed E-state index contributed by atoms with van der Waals surface area (Å²) < 4.78 is 26.1. The summed E-state index contributed by atoms with van der Waals surface area (Å²) in [4.78, 5) is 16.7. The van der Waals surface area contributed by atoms with E-state index in [0.29, 0.717) is 18.5 Å². The summed E-state index contributed by atoms with van der Waals surface area (Å²) in [5.41, 5.74) is 3.06. The number of anilines is 1. The lowest BCUT2D eigenvalue weighted by atomic mass is 10.2. The number of benzene rings is 2. The molecule has 0 saturated carbocycles. The number of hydrogen-bond donors (Lipinski definition) is 1. The molecule has 0 radical (unpaired) electrons. The number of halogens is 2. The highest BCUT2D eigenvalue weighted by molar-refractivity contribution is 5.76. The molecule has 0 atom stereocenters. The summed E-state index contributed by atoms with van der Waals surface area (Å²) in [5, 5.41) is 2.76. The molecule has 2 aromatic rings. The van der Waals surface area contributed by atoms with Crippen LogP contribution in [0.3, 0.4) is 0 Å². The predicted molar refractivity (Wildman–Crippen MR) is 103 cm³/mol. The van der Waals surface area contributed by atoms with Crippen molar-refractivity contribution in [3.8, 4) is 0 Å². The van der Waals surface area contributed by atoms with Gasteiger partial charge in [-0.15, -0.1) is 0 Å². The van der Waals surface area contributed by atoms with Gasteiger partial charge in [-0.3, -0.25) is 9.69 Å². The lowest BCUT2D eigenvalue weighted by molar-refractivity contribution is -0.121. The van der Waals surface area contributed by atoms with Crippen molar-refractivity contribution in [2.45, 2.75) is 19.9 Å². The zero-order valence-electron chi connectivity index (χ0n) is 15.5. The maximum absolute atomic E-state index is 13.2. The first-order valence-corrected chi connectivity index (χ1v) is 9.26. The molecule has 27 heavy (non-hydrogen) atoms. The van der Waals surface area contributed by atoms with Crippen LogP contribution in [0.15, 0.2) is 42.5 Å². The smallest absolute Gasteiger partial charge is 0.221 e. The lowest BCUT2D eigenvalue weighted by Gasteiger charge is -2.36. The maximum Gasteiger partial charge on any atom is 0.221 e. The molecule has 0 unspecified atom stereocenters. The Bertz CT molecular complexity index is 789. The van der Waals surface area contributed by atoms with Gasteiger partial charge >= 0.3 is 0 Å². The summed E-state index contributed by atoms with van der Waals surface area (Å²) in [6.45, 7) is 6.73. The van der Waals surface area contributed by atoms with Gasteiger partial charge in [0.05, 0.1) is 0 Å². The summed E-state index contributed by atoms with van der Waals surface area (Å²) in [7, 11) is 0. The Morgan fingerprint density at radius 3 is 2.52 bits per heavy atom. The van der Waals surface area contributed by atoms with Gasteiger partial charge in [-0.1, -0.05) is 18.2 Å². The number of piperazine rings is 1. The van der Waals surface area contributed by atoms with Crippen molar-refractivity contribution < 1.29 is 13.6 Å². The van der Waals surface area contributed by atoms with Gasteiger partial charge in [-0.2, -0.15) is 0 Å². The van der Waals surface area contributed by atoms with Crippen LogP contribution >= 0.6 is 0 Å². The fraction of sp³-hybridized carbons (Fsp3) is 0.381. The van der Waals surface area contributed by atoms with Crippen LogP contribution in [0.2, 0.25) is 0 Å². The Kier molecular flexibility index (Phi) is 6.40. The molecular weight excluding hydrogens is 348 g/mol. The molecule has 0 aliphatic carbocycles. The highest BCUT2D eigenvalue weighted by atomic mass is 19.2. The number of aryl methyl sites for hydroxylation is 1. The van der Waals surface area contributed by atoms with Crippen LogP contribution in [-0.4, -0.2) is 43.5 Å². The van der Waals surface area contributed by atoms with E-state index in [4.69, 9.17) is 0 Å². The van der Waals surface area contributed by atoms with Gasteiger partial charge in [0.25, 0.3) is 0 Å². The summed E-state index contributed by atoms with van der Waals surface area (Å²) in [6, 6.07) is 12.2. The molecule has 1 aliphatic heterocycles. The third-order valence-electron chi connectivity index (χ3n) is 4.87. The molecule has 1 N–H and O–H groups in total. The second kappa shape index (κ2) is 8.95. The molecule has 6 heteroatoms. The predicted octanol–water partition coefficient (Wildman–Crippen LogP) is 3.10. The lowest BCUT2D eigenvalue weighted by Crippen LogP contribution is -2.47. The Labute approximate surface area is 158 Å². The molecule has 0 spiro atoms. The third-order valence-corrected chi connectivity index (χ3v) is 4.87. The number of hydrogen-bond acceptors (Lipinski definition) is 3. The normalized spacial score (nSPS) is 15.0. The Morgan fingerprint density at radius 2 is 1.81 bits per heavy atom. The summed E-state index contributed by atoms with van der Waals surface area (Å²) >= 11 is 0. The third kappa shape index (κ3) is 5.50. The van der Waals surface area contributed by atoms with E-state index < -0.39 is 11.6 Å². The molecule has 2 aromatic carbocycles. The number of carbonyl (C=O) groups excluding carboxylic acids is 1. The van der Waals surface area contributed by atoms with E-state index in [2.05, 4.69) is 46.3 Å². The molecule has 144 valence electrons. The average Bonchev–Trinajstić information content (AvgIpc) is 2.67. The van der Waals surface area contributed by atoms with Gasteiger partial charge in [0, 0.05) is 51.4 Å². The van der Waals surface area contributed by atoms with Crippen LogP contribution in [0.4, 0.5) is 14.5 Å². The van der Waals surface area contributed by atoms with Crippen molar-refractivity contribution in [3.63, 3.8) is 0 Å². The van der Waals surface area contributed by atoms with E-state index in [1.165, 1.54) is 17.3 Å². The zero-order valence-corrected chi connectivity index (χ0v) is 15.5. The van der Waals surface area contributed by atoms with Crippen molar-refractivity contribution in [3.05, 3.63) is 65.2 Å². The number of nitrogens with zero attached hydrogens (tertiary/aromatic N) is 2. The van der Waals surface area contributed by atoms with Crippen molar-refractivity contribution >= 4 is 11.6 Å². The molecule has 4 nitrogen and oxygen atoms in total. The monoisotopic (exact) mass is 373 g/mol. The first-order chi connectivity index (χ1) is 13.0. The first kappa shape index (κ1) is 19.3. The van der Waals surface area contributed by atoms with Gasteiger partial charge in [-0.05, 0) is 42.3 Å². The highest BCUT2D eigenvalue weighted by Gasteiger charge is 2.17. The topological polar surface area (TPSA) is 35.6 Å². The molecule has 3 rings (SSSR count). The van der Waals surface area contributed by atoms with Gasteiger partial charge in [0.15, 0.2) is 11.6 Å². The summed E-state index contributed by atoms with van der Waals surface area (Å²) in [6.07, 6.45) is 0.397. The number of nitrogens with one attached hydrogen (secondary N) is 1. The van der Waals surface area contributed by atoms with E-state index in [1.54, 1.807) is 0 Å². The fourth-order valence-electron chi connectivity index (χ4n) is 3.25. The van der Waals surface area contributed by atoms with Gasteiger partial charge < -0.3 is 10.2 Å². The van der Waals surface area contributed by atoms with Crippen molar-refractivity contribution in [1.29, 1.82) is 0 Å². The molecule has 1 fully saturated rings. The van der Waals surface area contributed by atoms with Gasteiger partial charge in [-0.25, -0.2) is 8.78 Å². The molecular formula is C21H25F2N3O. The first-order valence-electron chi connectivity index (χ1n) is 9.26. The SMILES string of the molecule is Cc1cccc(N2CCN(CCC(=O)NCc3ccc(F)c(F)c3)CC2)c1. The number of amides is 1. The van der Waals surface area contributed by atoms with Crippen molar-refractivity contribution in [2.24, 2.45) is 0 Å². The van der Waals surface area contributed by atoms with Crippen LogP contribution in [-0.2, 0) is 11.3 Å². The van der Waals surface area contributed by atoms with E-state index in [1.807, 2.05) is 0 Å². The molecule has 0 aromatic heterocycles. The van der Waals surface area contributed by atoms with Gasteiger partial charge in [0.1, 0.15) is 0 Å². The maximum atomic E-state index is 13.2. The van der Waals surface area contributed by atoms with Crippen LogP contribution in [0, 0.1) is 18.6 Å². The Balaban J connectivity index is 1.38. The minimum atomic E-state index is -0.895. The molecule has 1 amide bonds. The number of rotatable bonds is 6. The Morgan fingerprint density at radius 1 is 1.04 bits per heavy atom. The van der Waals surface area contributed by atoms with E-state index in [0.717, 1.165) is 38.3 Å². The van der Waals surface area contributed by atoms with Crippen molar-refractivity contribution in [1.82, 2.24) is 10.2 Å². The molecule has 1 saturated heterocycles. The standard InChI is InChI=1S/C21H25F2N3O/c1-16-3-2-4-18(13-16)26-11-9-25(10-12-26)8-7-21(27)24-15-17-5-6-19(22)20(23)14-17/h2-6,13-14H,7-12,15H2,1H3,(H,24,27). The van der Waals surface area contributed by atoms with Crippen LogP contribution in [0.5, 0.6) is 0 Å². The fourth-order valence-corrected chi connectivity index (χ4v) is 3.25. The quantitative estimate of drug-likeness (QED) is 0.845. The number of carbonyl (C=O) groups is 1. The second-order valence-electron chi connectivity index (χ2n) is 6.94. The van der Waals surface area contributed by atoms with Gasteiger partial charge in [0.2, 0.25) is 5.91 Å². The summed E-state index contributed by atoms with van der Waals surface area (Å²) in [5.74, 6) is -1.86. The van der Waals surface area contributed by atoms with Crippen molar-refractivity contribution in [2.75, 3.05) is 37.6 Å². The van der Waals surface area contributed by atoms with Crippen LogP contribution in [0.25, 0.3) is 0 Å². The average molecular weight is 373 g/mol. The largest absolute Gasteiger partial charge is 0.369 e. The van der Waals surface area contributed by atoms with E-state index in [9.17, 15) is 13.6 Å². The van der Waals surface area contributed by atoms with Crippen LogP contribution in [0.1, 0.15) is 17.5 Å².